The van der Waals surface area contributed by atoms with Crippen molar-refractivity contribution in [3.63, 3.8) is 0 Å². The van der Waals surface area contributed by atoms with Crippen molar-refractivity contribution in [3.8, 4) is 0 Å². The van der Waals surface area contributed by atoms with E-state index in [0.29, 0.717) is 6.04 Å². The lowest BCUT2D eigenvalue weighted by Gasteiger charge is -2.35. The molecule has 0 spiro atoms. The van der Waals surface area contributed by atoms with Gasteiger partial charge in [-0.1, -0.05) is 6.92 Å². The highest BCUT2D eigenvalue weighted by Crippen LogP contribution is 2.27. The maximum Gasteiger partial charge on any atom is 0.0113 e. The topological polar surface area (TPSA) is 18.5 Å². The number of nitrogens with one attached hydrogen (secondary N) is 1. The Hall–Kier alpha value is -0.120. The van der Waals surface area contributed by atoms with Gasteiger partial charge < -0.3 is 5.32 Å². The summed E-state index contributed by atoms with van der Waals surface area (Å²) in [5, 5.41) is 3.57. The minimum absolute atomic E-state index is 0.674. The summed E-state index contributed by atoms with van der Waals surface area (Å²) < 4.78 is 0. The summed E-state index contributed by atoms with van der Waals surface area (Å²) in [6.07, 6.45) is 4.14. The lowest BCUT2D eigenvalue weighted by Crippen LogP contribution is -2.49. The van der Waals surface area contributed by atoms with E-state index in [0.717, 1.165) is 12.6 Å². The van der Waals surface area contributed by atoms with Crippen molar-refractivity contribution in [2.24, 2.45) is 0 Å². The van der Waals surface area contributed by atoms with Gasteiger partial charge in [-0.05, 0) is 26.2 Å². The van der Waals surface area contributed by atoms with Crippen LogP contribution in [0, 0.1) is 0 Å². The Morgan fingerprint density at radius 2 is 1.88 bits per heavy atom. The summed E-state index contributed by atoms with van der Waals surface area (Å²) in [6, 6.07) is 1.63. The lowest BCUT2D eigenvalue weighted by atomic mass is 10.2. The molecule has 0 amide bonds. The Morgan fingerprint density at radius 1 is 1.19 bits per heavy atom. The molecule has 0 radical (unpaired) electrons. The third-order valence-electron chi connectivity index (χ3n) is 4.00. The van der Waals surface area contributed by atoms with E-state index < -0.39 is 0 Å². The summed E-state index contributed by atoms with van der Waals surface area (Å²) in [5.41, 5.74) is 0. The van der Waals surface area contributed by atoms with Gasteiger partial charge in [-0.2, -0.15) is 0 Å². The third kappa shape index (κ3) is 3.72. The molecule has 0 aromatic rings. The molecule has 1 unspecified atom stereocenters. The number of nitrogens with zero attached hydrogens (tertiary/aromatic N) is 2. The van der Waals surface area contributed by atoms with Gasteiger partial charge in [0.15, 0.2) is 0 Å². The Labute approximate surface area is 100 Å². The van der Waals surface area contributed by atoms with Gasteiger partial charge in [-0.15, -0.1) is 0 Å². The van der Waals surface area contributed by atoms with Crippen LogP contribution in [-0.4, -0.2) is 61.2 Å². The van der Waals surface area contributed by atoms with Crippen molar-refractivity contribution in [1.29, 1.82) is 0 Å². The van der Waals surface area contributed by atoms with E-state index in [9.17, 15) is 0 Å². The van der Waals surface area contributed by atoms with Crippen LogP contribution in [-0.2, 0) is 0 Å². The van der Waals surface area contributed by atoms with Gasteiger partial charge in [0.1, 0.15) is 0 Å². The second-order valence-electron chi connectivity index (χ2n) is 5.37. The lowest BCUT2D eigenvalue weighted by molar-refractivity contribution is 0.126. The van der Waals surface area contributed by atoms with Crippen molar-refractivity contribution in [2.75, 3.05) is 39.3 Å². The Bertz CT molecular complexity index is 195. The van der Waals surface area contributed by atoms with E-state index in [1.54, 1.807) is 0 Å². The summed E-state index contributed by atoms with van der Waals surface area (Å²) in [4.78, 5) is 5.28. The smallest absolute Gasteiger partial charge is 0.0113 e. The first-order chi connectivity index (χ1) is 7.79. The molecule has 1 atom stereocenters. The molecule has 3 nitrogen and oxygen atoms in total. The van der Waals surface area contributed by atoms with E-state index in [1.807, 2.05) is 0 Å². The summed E-state index contributed by atoms with van der Waals surface area (Å²) in [6.45, 7) is 12.0. The molecular formula is C13H27N3. The van der Waals surface area contributed by atoms with E-state index >= 15 is 0 Å². The molecule has 1 N–H and O–H groups in total. The van der Waals surface area contributed by atoms with Crippen LogP contribution in [0.2, 0.25) is 0 Å². The average molecular weight is 225 g/mol. The number of hydrogen-bond acceptors (Lipinski definition) is 3. The first-order valence-corrected chi connectivity index (χ1v) is 6.99. The fourth-order valence-corrected chi connectivity index (χ4v) is 2.41. The molecule has 0 aromatic carbocycles. The molecule has 1 heterocycles. The molecule has 1 saturated carbocycles. The zero-order chi connectivity index (χ0) is 11.4. The van der Waals surface area contributed by atoms with E-state index in [1.165, 1.54) is 52.0 Å². The highest BCUT2D eigenvalue weighted by molar-refractivity contribution is 4.87. The van der Waals surface area contributed by atoms with Crippen molar-refractivity contribution in [3.05, 3.63) is 0 Å². The SMILES string of the molecule is CCC(C)NCCN1CCN(C2CC2)CC1. The minimum Gasteiger partial charge on any atom is -0.313 e. The number of piperazine rings is 1. The summed E-state index contributed by atoms with van der Waals surface area (Å²) in [5.74, 6) is 0. The zero-order valence-corrected chi connectivity index (χ0v) is 10.9. The van der Waals surface area contributed by atoms with Gasteiger partial charge in [0.2, 0.25) is 0 Å². The molecule has 0 aromatic heterocycles. The van der Waals surface area contributed by atoms with Crippen LogP contribution >= 0.6 is 0 Å². The van der Waals surface area contributed by atoms with Crippen LogP contribution in [0.25, 0.3) is 0 Å². The van der Waals surface area contributed by atoms with Gasteiger partial charge in [0, 0.05) is 51.4 Å². The van der Waals surface area contributed by atoms with Crippen molar-refractivity contribution >= 4 is 0 Å². The molecule has 1 aliphatic heterocycles. The average Bonchev–Trinajstić information content (AvgIpc) is 3.14. The molecule has 3 heteroatoms. The van der Waals surface area contributed by atoms with Crippen LogP contribution in [0.15, 0.2) is 0 Å². The number of hydrogen-bond donors (Lipinski definition) is 1. The molecule has 94 valence electrons. The highest BCUT2D eigenvalue weighted by atomic mass is 15.3. The summed E-state index contributed by atoms with van der Waals surface area (Å²) >= 11 is 0. The zero-order valence-electron chi connectivity index (χ0n) is 10.9. The fourth-order valence-electron chi connectivity index (χ4n) is 2.41. The fraction of sp³-hybridized carbons (Fsp3) is 1.00. The predicted octanol–water partition coefficient (Wildman–Crippen LogP) is 1.15. The first kappa shape index (κ1) is 12.3. The van der Waals surface area contributed by atoms with Crippen molar-refractivity contribution < 1.29 is 0 Å². The number of rotatable bonds is 6. The first-order valence-electron chi connectivity index (χ1n) is 6.99. The maximum absolute atomic E-state index is 3.57. The summed E-state index contributed by atoms with van der Waals surface area (Å²) in [7, 11) is 0. The standard InChI is InChI=1S/C13H27N3/c1-3-12(2)14-6-7-15-8-10-16(11-9-15)13-4-5-13/h12-14H,3-11H2,1-2H3. The van der Waals surface area contributed by atoms with Crippen LogP contribution in [0.4, 0.5) is 0 Å². The monoisotopic (exact) mass is 225 g/mol. The van der Waals surface area contributed by atoms with Crippen LogP contribution in [0.5, 0.6) is 0 Å². The molecule has 16 heavy (non-hydrogen) atoms. The molecule has 2 rings (SSSR count). The van der Waals surface area contributed by atoms with Crippen LogP contribution < -0.4 is 5.32 Å². The Morgan fingerprint density at radius 3 is 2.44 bits per heavy atom. The second kappa shape index (κ2) is 5.99. The maximum atomic E-state index is 3.57. The quantitative estimate of drug-likeness (QED) is 0.732. The normalized spacial score (nSPS) is 25.9. The predicted molar refractivity (Wildman–Crippen MR) is 68.8 cm³/mol. The molecular weight excluding hydrogens is 198 g/mol. The largest absolute Gasteiger partial charge is 0.313 e. The van der Waals surface area contributed by atoms with E-state index in [4.69, 9.17) is 0 Å². The van der Waals surface area contributed by atoms with Gasteiger partial charge in [0.05, 0.1) is 0 Å². The molecule has 2 fully saturated rings. The third-order valence-corrected chi connectivity index (χ3v) is 4.00. The van der Waals surface area contributed by atoms with Gasteiger partial charge >= 0.3 is 0 Å². The minimum atomic E-state index is 0.674. The van der Waals surface area contributed by atoms with Crippen molar-refractivity contribution in [2.45, 2.75) is 45.2 Å². The Kier molecular flexibility index (Phi) is 4.62. The molecule has 0 bridgehead atoms. The van der Waals surface area contributed by atoms with Crippen LogP contribution in [0.1, 0.15) is 33.1 Å². The van der Waals surface area contributed by atoms with Gasteiger partial charge in [0.25, 0.3) is 0 Å². The highest BCUT2D eigenvalue weighted by Gasteiger charge is 2.30. The molecule has 1 aliphatic carbocycles. The molecule has 1 saturated heterocycles. The molecule has 2 aliphatic rings. The van der Waals surface area contributed by atoms with Crippen LogP contribution in [0.3, 0.4) is 0 Å². The van der Waals surface area contributed by atoms with Gasteiger partial charge in [-0.3, -0.25) is 9.80 Å². The van der Waals surface area contributed by atoms with Gasteiger partial charge in [-0.25, -0.2) is 0 Å². The van der Waals surface area contributed by atoms with E-state index in [2.05, 4.69) is 29.0 Å². The Balaban J connectivity index is 1.54. The second-order valence-corrected chi connectivity index (χ2v) is 5.37. The van der Waals surface area contributed by atoms with Crippen molar-refractivity contribution in [1.82, 2.24) is 15.1 Å². The van der Waals surface area contributed by atoms with E-state index in [-0.39, 0.29) is 0 Å².